The van der Waals surface area contributed by atoms with E-state index in [9.17, 15) is 14.6 Å². The van der Waals surface area contributed by atoms with Gasteiger partial charge in [-0.15, -0.1) is 0 Å². The summed E-state index contributed by atoms with van der Waals surface area (Å²) in [6.45, 7) is 3.81. The number of hydrogen-bond donors (Lipinski definition) is 2. The van der Waals surface area contributed by atoms with E-state index in [0.717, 1.165) is 5.56 Å². The van der Waals surface area contributed by atoms with Crippen LogP contribution in [0, 0.1) is 5.82 Å². The number of aromatic hydroxyl groups is 2. The third-order valence-corrected chi connectivity index (χ3v) is 3.13. The highest BCUT2D eigenvalue weighted by molar-refractivity contribution is 5.74. The summed E-state index contributed by atoms with van der Waals surface area (Å²) in [5.41, 5.74) is 1.99. The normalized spacial score (nSPS) is 11.4. The molecule has 2 N–H and O–H groups in total. The molecule has 0 atom stereocenters. The first-order valence-corrected chi connectivity index (χ1v) is 6.47. The molecule has 0 heterocycles. The molecular weight excluding hydrogens is 255 g/mol. The summed E-state index contributed by atoms with van der Waals surface area (Å²) in [6.07, 6.45) is 3.53. The lowest BCUT2D eigenvalue weighted by Gasteiger charge is -2.12. The van der Waals surface area contributed by atoms with Crippen LogP contribution in [0.15, 0.2) is 36.4 Å². The quantitative estimate of drug-likeness (QED) is 0.806. The summed E-state index contributed by atoms with van der Waals surface area (Å²) >= 11 is 0. The summed E-state index contributed by atoms with van der Waals surface area (Å²) < 4.78 is 12.8. The third-order valence-electron chi connectivity index (χ3n) is 3.13. The van der Waals surface area contributed by atoms with Gasteiger partial charge in [-0.25, -0.2) is 4.39 Å². The van der Waals surface area contributed by atoms with Gasteiger partial charge in [0.2, 0.25) is 0 Å². The standard InChI is InChI=1S/C17H17FO2/c1-11(2)16-15(19)10-7-13(17(16)20)6-3-12-4-8-14(18)9-5-12/h3-11,19-20H,1-2H3. The Kier molecular flexibility index (Phi) is 4.08. The summed E-state index contributed by atoms with van der Waals surface area (Å²) in [6, 6.07) is 9.31. The second-order valence-corrected chi connectivity index (χ2v) is 4.98. The molecule has 0 aliphatic carbocycles. The molecule has 0 bridgehead atoms. The molecule has 104 valence electrons. The second kappa shape index (κ2) is 5.78. The van der Waals surface area contributed by atoms with E-state index in [1.807, 2.05) is 13.8 Å². The zero-order valence-electron chi connectivity index (χ0n) is 11.5. The number of hydrogen-bond acceptors (Lipinski definition) is 2. The molecule has 3 heteroatoms. The minimum atomic E-state index is -0.281. The third kappa shape index (κ3) is 2.99. The molecule has 0 saturated carbocycles. The summed E-state index contributed by atoms with van der Waals surface area (Å²) in [5.74, 6) is -0.0827. The lowest BCUT2D eigenvalue weighted by Crippen LogP contribution is -1.91. The van der Waals surface area contributed by atoms with Crippen molar-refractivity contribution in [3.05, 3.63) is 58.9 Å². The van der Waals surface area contributed by atoms with Crippen molar-refractivity contribution >= 4 is 12.2 Å². The monoisotopic (exact) mass is 272 g/mol. The Morgan fingerprint density at radius 2 is 1.60 bits per heavy atom. The van der Waals surface area contributed by atoms with Crippen LogP contribution in [-0.2, 0) is 0 Å². The van der Waals surface area contributed by atoms with Gasteiger partial charge in [-0.2, -0.15) is 0 Å². The van der Waals surface area contributed by atoms with E-state index in [0.29, 0.717) is 11.1 Å². The Morgan fingerprint density at radius 1 is 0.950 bits per heavy atom. The molecule has 0 aromatic heterocycles. The molecule has 0 unspecified atom stereocenters. The van der Waals surface area contributed by atoms with Crippen molar-refractivity contribution < 1.29 is 14.6 Å². The highest BCUT2D eigenvalue weighted by atomic mass is 19.1. The zero-order valence-corrected chi connectivity index (χ0v) is 11.5. The Labute approximate surface area is 117 Å². The molecule has 0 saturated heterocycles. The molecule has 0 radical (unpaired) electrons. The maximum atomic E-state index is 12.8. The average molecular weight is 272 g/mol. The van der Waals surface area contributed by atoms with E-state index in [-0.39, 0.29) is 23.2 Å². The smallest absolute Gasteiger partial charge is 0.129 e. The predicted molar refractivity (Wildman–Crippen MR) is 79.2 cm³/mol. The highest BCUT2D eigenvalue weighted by Gasteiger charge is 2.13. The van der Waals surface area contributed by atoms with Crippen molar-refractivity contribution in [1.29, 1.82) is 0 Å². The van der Waals surface area contributed by atoms with Crippen molar-refractivity contribution in [2.75, 3.05) is 0 Å². The molecule has 0 fully saturated rings. The van der Waals surface area contributed by atoms with Gasteiger partial charge in [0.05, 0.1) is 0 Å². The van der Waals surface area contributed by atoms with Gasteiger partial charge in [0.25, 0.3) is 0 Å². The Hall–Kier alpha value is -2.29. The minimum absolute atomic E-state index is 0.0224. The van der Waals surface area contributed by atoms with Gasteiger partial charge in [-0.3, -0.25) is 0 Å². The molecule has 0 aliphatic heterocycles. The van der Waals surface area contributed by atoms with E-state index in [1.54, 1.807) is 36.4 Å². The second-order valence-electron chi connectivity index (χ2n) is 4.98. The molecule has 2 nitrogen and oxygen atoms in total. The molecule has 2 aromatic rings. The van der Waals surface area contributed by atoms with Gasteiger partial charge < -0.3 is 10.2 Å². The van der Waals surface area contributed by atoms with Gasteiger partial charge in [-0.05, 0) is 35.7 Å². The largest absolute Gasteiger partial charge is 0.508 e. The molecule has 2 aromatic carbocycles. The van der Waals surface area contributed by atoms with Crippen molar-refractivity contribution in [1.82, 2.24) is 0 Å². The van der Waals surface area contributed by atoms with E-state index < -0.39 is 0 Å². The minimum Gasteiger partial charge on any atom is -0.508 e. The van der Waals surface area contributed by atoms with Crippen LogP contribution in [-0.4, -0.2) is 10.2 Å². The first-order chi connectivity index (χ1) is 9.49. The van der Waals surface area contributed by atoms with Crippen LogP contribution in [0.4, 0.5) is 4.39 Å². The Balaban J connectivity index is 2.34. The molecule has 2 rings (SSSR count). The number of phenolic OH excluding ortho intramolecular Hbond substituents is 2. The van der Waals surface area contributed by atoms with Crippen molar-refractivity contribution in [3.63, 3.8) is 0 Å². The lowest BCUT2D eigenvalue weighted by atomic mass is 9.97. The maximum Gasteiger partial charge on any atom is 0.129 e. The van der Waals surface area contributed by atoms with Crippen molar-refractivity contribution in [2.45, 2.75) is 19.8 Å². The fourth-order valence-corrected chi connectivity index (χ4v) is 2.08. The number of phenols is 2. The van der Waals surface area contributed by atoms with E-state index in [2.05, 4.69) is 0 Å². The summed E-state index contributed by atoms with van der Waals surface area (Å²) in [5, 5.41) is 20.0. The van der Waals surface area contributed by atoms with Crippen LogP contribution in [0.5, 0.6) is 11.5 Å². The maximum absolute atomic E-state index is 12.8. The number of rotatable bonds is 3. The van der Waals surface area contributed by atoms with Gasteiger partial charge in [0.15, 0.2) is 0 Å². The van der Waals surface area contributed by atoms with Gasteiger partial charge in [0, 0.05) is 11.1 Å². The average Bonchev–Trinajstić information content (AvgIpc) is 2.39. The van der Waals surface area contributed by atoms with Gasteiger partial charge in [-0.1, -0.05) is 38.1 Å². The number of halogens is 1. The van der Waals surface area contributed by atoms with Crippen LogP contribution in [0.25, 0.3) is 12.2 Å². The van der Waals surface area contributed by atoms with Crippen LogP contribution in [0.3, 0.4) is 0 Å². The van der Waals surface area contributed by atoms with Crippen molar-refractivity contribution in [3.8, 4) is 11.5 Å². The molecule has 0 aliphatic rings. The highest BCUT2D eigenvalue weighted by Crippen LogP contribution is 2.37. The summed E-state index contributed by atoms with van der Waals surface area (Å²) in [4.78, 5) is 0. The predicted octanol–water partition coefficient (Wildman–Crippen LogP) is 4.53. The molecule has 0 spiro atoms. The lowest BCUT2D eigenvalue weighted by molar-refractivity contribution is 0.432. The summed E-state index contributed by atoms with van der Waals surface area (Å²) in [7, 11) is 0. The van der Waals surface area contributed by atoms with Crippen LogP contribution in [0.2, 0.25) is 0 Å². The van der Waals surface area contributed by atoms with Crippen LogP contribution in [0.1, 0.15) is 36.5 Å². The fourth-order valence-electron chi connectivity index (χ4n) is 2.08. The fraction of sp³-hybridized carbons (Fsp3) is 0.176. The first-order valence-electron chi connectivity index (χ1n) is 6.47. The Bertz CT molecular complexity index is 628. The molecular formula is C17H17FO2. The van der Waals surface area contributed by atoms with E-state index in [4.69, 9.17) is 0 Å². The van der Waals surface area contributed by atoms with Crippen molar-refractivity contribution in [2.24, 2.45) is 0 Å². The van der Waals surface area contributed by atoms with Crippen LogP contribution >= 0.6 is 0 Å². The van der Waals surface area contributed by atoms with E-state index >= 15 is 0 Å². The van der Waals surface area contributed by atoms with Gasteiger partial charge in [0.1, 0.15) is 17.3 Å². The number of benzene rings is 2. The van der Waals surface area contributed by atoms with E-state index in [1.165, 1.54) is 12.1 Å². The zero-order chi connectivity index (χ0) is 14.7. The Morgan fingerprint density at radius 3 is 2.20 bits per heavy atom. The topological polar surface area (TPSA) is 40.5 Å². The SMILES string of the molecule is CC(C)c1c(O)ccc(C=Cc2ccc(F)cc2)c1O. The van der Waals surface area contributed by atoms with Crippen LogP contribution < -0.4 is 0 Å². The van der Waals surface area contributed by atoms with Gasteiger partial charge >= 0.3 is 0 Å². The molecule has 20 heavy (non-hydrogen) atoms. The first kappa shape index (κ1) is 14.1. The molecule has 0 amide bonds.